The third-order valence-electron chi connectivity index (χ3n) is 8.26. The lowest BCUT2D eigenvalue weighted by molar-refractivity contribution is -0.385. The smallest absolute Gasteiger partial charge is 0.258 e. The summed E-state index contributed by atoms with van der Waals surface area (Å²) < 4.78 is 0. The Balaban J connectivity index is 1.55. The molecule has 2 unspecified atom stereocenters. The predicted octanol–water partition coefficient (Wildman–Crippen LogP) is 7.30. The topological polar surface area (TPSA) is 86.3 Å². The van der Waals surface area contributed by atoms with Gasteiger partial charge in [0.2, 0.25) is 0 Å². The highest BCUT2D eigenvalue weighted by Gasteiger charge is 2.56. The molecule has 0 bridgehead atoms. The second kappa shape index (κ2) is 7.46. The summed E-state index contributed by atoms with van der Waals surface area (Å²) in [5, 5.41) is 23.4. The zero-order valence-electron chi connectivity index (χ0n) is 19.8. The molecule has 0 saturated carbocycles. The first-order valence-electron chi connectivity index (χ1n) is 11.7. The minimum atomic E-state index is -0.393. The Morgan fingerprint density at radius 3 is 1.36 bits per heavy atom. The summed E-state index contributed by atoms with van der Waals surface area (Å²) in [6.07, 6.45) is 16.5. The van der Waals surface area contributed by atoms with Gasteiger partial charge in [0.15, 0.2) is 0 Å². The lowest BCUT2D eigenvalue weighted by Crippen LogP contribution is -2.47. The quantitative estimate of drug-likeness (QED) is 0.344. The Morgan fingerprint density at radius 1 is 0.583 bits per heavy atom. The van der Waals surface area contributed by atoms with E-state index in [9.17, 15) is 20.2 Å². The van der Waals surface area contributed by atoms with Crippen LogP contribution in [0.4, 0.5) is 11.4 Å². The number of hydrogen-bond acceptors (Lipinski definition) is 4. The van der Waals surface area contributed by atoms with Gasteiger partial charge in [-0.2, -0.15) is 0 Å². The maximum Gasteiger partial charge on any atom is 0.277 e. The molecule has 6 rings (SSSR count). The molecular weight excluding hydrogens is 452 g/mol. The number of nitro groups is 2. The Hall–Kier alpha value is -4.58. The zero-order chi connectivity index (χ0) is 25.2. The van der Waals surface area contributed by atoms with Crippen molar-refractivity contribution in [1.82, 2.24) is 0 Å². The second-order valence-corrected chi connectivity index (χ2v) is 9.77. The van der Waals surface area contributed by atoms with Crippen molar-refractivity contribution >= 4 is 22.5 Å². The highest BCUT2D eigenvalue weighted by atomic mass is 16.6. The number of hydrogen-bond donors (Lipinski definition) is 0. The van der Waals surface area contributed by atoms with Gasteiger partial charge in [0, 0.05) is 23.0 Å². The van der Waals surface area contributed by atoms with Crippen LogP contribution in [0, 0.1) is 31.1 Å². The third-order valence-corrected chi connectivity index (χ3v) is 8.26. The van der Waals surface area contributed by atoms with Gasteiger partial charge in [-0.3, -0.25) is 20.2 Å². The maximum absolute atomic E-state index is 11.7. The molecule has 0 N–H and O–H groups in total. The van der Waals surface area contributed by atoms with Gasteiger partial charge in [-0.25, -0.2) is 0 Å². The normalized spacial score (nSPS) is 25.4. The van der Waals surface area contributed by atoms with Crippen LogP contribution in [0.1, 0.15) is 25.0 Å². The number of benzene rings is 2. The van der Waals surface area contributed by atoms with Crippen molar-refractivity contribution in [3.63, 3.8) is 0 Å². The summed E-state index contributed by atoms with van der Waals surface area (Å²) in [7, 11) is 0. The van der Waals surface area contributed by atoms with Crippen molar-refractivity contribution in [3.8, 4) is 0 Å². The minimum Gasteiger partial charge on any atom is -0.258 e. The zero-order valence-corrected chi connectivity index (χ0v) is 19.8. The van der Waals surface area contributed by atoms with Crippen LogP contribution in [-0.4, -0.2) is 9.85 Å². The van der Waals surface area contributed by atoms with E-state index in [1.165, 1.54) is 12.1 Å². The van der Waals surface area contributed by atoms with E-state index in [0.29, 0.717) is 11.1 Å². The lowest BCUT2D eigenvalue weighted by Gasteiger charge is -2.56. The molecule has 176 valence electrons. The van der Waals surface area contributed by atoms with Crippen LogP contribution in [0.3, 0.4) is 0 Å². The van der Waals surface area contributed by atoms with Gasteiger partial charge in [-0.15, -0.1) is 0 Å². The van der Waals surface area contributed by atoms with E-state index in [0.717, 1.165) is 33.4 Å². The number of para-hydroxylation sites is 2. The van der Waals surface area contributed by atoms with Gasteiger partial charge >= 0.3 is 0 Å². The summed E-state index contributed by atoms with van der Waals surface area (Å²) in [4.78, 5) is 22.7. The number of rotatable bonds is 4. The monoisotopic (exact) mass is 474 g/mol. The van der Waals surface area contributed by atoms with Crippen LogP contribution in [0.2, 0.25) is 0 Å². The van der Waals surface area contributed by atoms with Crippen LogP contribution >= 0.6 is 0 Å². The number of allylic oxidation sites excluding steroid dienone is 14. The van der Waals surface area contributed by atoms with Crippen LogP contribution in [0.15, 0.2) is 119 Å². The molecule has 0 spiro atoms. The van der Waals surface area contributed by atoms with E-state index in [1.54, 1.807) is 24.3 Å². The molecule has 0 aliphatic heterocycles. The lowest BCUT2D eigenvalue weighted by atomic mass is 9.46. The molecule has 0 amide bonds. The molecule has 6 heteroatoms. The molecule has 2 aromatic carbocycles. The summed E-state index contributed by atoms with van der Waals surface area (Å²) >= 11 is 0. The van der Waals surface area contributed by atoms with Crippen LogP contribution in [0.5, 0.6) is 0 Å². The van der Waals surface area contributed by atoms with Crippen molar-refractivity contribution < 1.29 is 9.85 Å². The summed E-state index contributed by atoms with van der Waals surface area (Å²) in [5.74, 6) is 0. The number of nitrogens with zero attached hydrogens (tertiary/aromatic N) is 2. The molecular formula is C30H22N2O4. The van der Waals surface area contributed by atoms with E-state index in [2.05, 4.69) is 62.5 Å². The van der Waals surface area contributed by atoms with Gasteiger partial charge < -0.3 is 0 Å². The van der Waals surface area contributed by atoms with Gasteiger partial charge in [-0.1, -0.05) is 62.4 Å². The minimum absolute atomic E-state index is 0.0816. The molecule has 0 saturated heterocycles. The second-order valence-electron chi connectivity index (χ2n) is 9.77. The largest absolute Gasteiger partial charge is 0.277 e. The number of nitro benzene ring substituents is 2. The van der Waals surface area contributed by atoms with Gasteiger partial charge in [0.05, 0.1) is 21.0 Å². The van der Waals surface area contributed by atoms with E-state index in [4.69, 9.17) is 0 Å². The first-order valence-corrected chi connectivity index (χ1v) is 11.7. The van der Waals surface area contributed by atoms with Gasteiger partial charge in [0.1, 0.15) is 0 Å². The van der Waals surface area contributed by atoms with Crippen molar-refractivity contribution in [2.24, 2.45) is 10.8 Å². The van der Waals surface area contributed by atoms with Gasteiger partial charge in [0.25, 0.3) is 11.4 Å². The van der Waals surface area contributed by atoms with E-state index in [-0.39, 0.29) is 21.2 Å². The molecule has 36 heavy (non-hydrogen) atoms. The summed E-state index contributed by atoms with van der Waals surface area (Å²) in [5.41, 5.74) is 6.51. The first kappa shape index (κ1) is 21.9. The molecule has 0 radical (unpaired) electrons. The molecule has 0 aromatic heterocycles. The fourth-order valence-electron chi connectivity index (χ4n) is 6.10. The highest BCUT2D eigenvalue weighted by molar-refractivity contribution is 5.89. The van der Waals surface area contributed by atoms with Gasteiger partial charge in [-0.05, 0) is 69.9 Å². The average Bonchev–Trinajstić information content (AvgIpc) is 2.87. The molecule has 6 nitrogen and oxygen atoms in total. The fourth-order valence-corrected chi connectivity index (χ4v) is 6.10. The molecule has 0 fully saturated rings. The SMILES string of the molecule is CC12C3=CC=C4C=C(c5ccccc5[N+](=O)[O-])C=C(C=CC1=CC(c1ccccc1[N+](=O)[O-])=C3)C42C. The van der Waals surface area contributed by atoms with Crippen molar-refractivity contribution in [2.75, 3.05) is 0 Å². The van der Waals surface area contributed by atoms with Crippen molar-refractivity contribution in [2.45, 2.75) is 13.8 Å². The summed E-state index contributed by atoms with van der Waals surface area (Å²) in [6, 6.07) is 13.6. The molecule has 0 heterocycles. The fraction of sp³-hybridized carbons (Fsp3) is 0.133. The highest BCUT2D eigenvalue weighted by Crippen LogP contribution is 2.66. The Bertz CT molecular complexity index is 1500. The van der Waals surface area contributed by atoms with Crippen LogP contribution < -0.4 is 0 Å². The Kier molecular flexibility index (Phi) is 4.54. The Morgan fingerprint density at radius 2 is 0.972 bits per heavy atom. The van der Waals surface area contributed by atoms with Crippen LogP contribution in [0.25, 0.3) is 11.1 Å². The third kappa shape index (κ3) is 2.78. The Labute approximate surface area is 208 Å². The standard InChI is InChI=1S/C30H22N2O4/c1-29-21-11-13-23-17-20(26-8-4-6-10-28(26)32(35)36)18-24(30(23,29)2)14-12-22(29)16-19(15-21)25-7-3-5-9-27(25)31(33)34/h3-18H,1-2H3. The maximum atomic E-state index is 11.7. The first-order chi connectivity index (χ1) is 17.2. The molecule has 2 aromatic rings. The summed E-state index contributed by atoms with van der Waals surface area (Å²) in [6.45, 7) is 4.43. The van der Waals surface area contributed by atoms with Crippen LogP contribution in [-0.2, 0) is 0 Å². The molecule has 2 atom stereocenters. The molecule has 4 aliphatic rings. The predicted molar refractivity (Wildman–Crippen MR) is 140 cm³/mol. The van der Waals surface area contributed by atoms with E-state index in [1.807, 2.05) is 12.1 Å². The van der Waals surface area contributed by atoms with Crippen molar-refractivity contribution in [3.05, 3.63) is 151 Å². The van der Waals surface area contributed by atoms with E-state index < -0.39 is 10.8 Å². The molecule has 4 aliphatic carbocycles. The average molecular weight is 475 g/mol. The van der Waals surface area contributed by atoms with E-state index >= 15 is 0 Å². The van der Waals surface area contributed by atoms with Crippen molar-refractivity contribution in [1.29, 1.82) is 0 Å².